The Morgan fingerprint density at radius 2 is 2.11 bits per heavy atom. The number of piperazine rings is 1. The SMILES string of the molecule is CCc1occc1C(=O)N1CCN(CCBr)CC1. The van der Waals surface area contributed by atoms with Crippen LogP contribution >= 0.6 is 15.9 Å². The minimum Gasteiger partial charge on any atom is -0.469 e. The number of hydrogen-bond acceptors (Lipinski definition) is 3. The zero-order valence-electron chi connectivity index (χ0n) is 10.7. The number of alkyl halides is 1. The van der Waals surface area contributed by atoms with Gasteiger partial charge in [0, 0.05) is 44.5 Å². The van der Waals surface area contributed by atoms with Crippen molar-refractivity contribution in [2.45, 2.75) is 13.3 Å². The monoisotopic (exact) mass is 314 g/mol. The van der Waals surface area contributed by atoms with Crippen LogP contribution in [0.2, 0.25) is 0 Å². The molecule has 0 aliphatic carbocycles. The Balaban J connectivity index is 1.95. The molecule has 0 saturated carbocycles. The summed E-state index contributed by atoms with van der Waals surface area (Å²) in [6.07, 6.45) is 2.37. The molecule has 1 amide bonds. The third-order valence-electron chi connectivity index (χ3n) is 3.36. The molecule has 0 N–H and O–H groups in total. The maximum absolute atomic E-state index is 12.3. The minimum absolute atomic E-state index is 0.110. The van der Waals surface area contributed by atoms with Gasteiger partial charge in [0.2, 0.25) is 0 Å². The van der Waals surface area contributed by atoms with Crippen molar-refractivity contribution in [3.63, 3.8) is 0 Å². The van der Waals surface area contributed by atoms with E-state index in [1.54, 1.807) is 12.3 Å². The van der Waals surface area contributed by atoms with Crippen molar-refractivity contribution >= 4 is 21.8 Å². The van der Waals surface area contributed by atoms with Crippen LogP contribution in [-0.2, 0) is 6.42 Å². The fourth-order valence-electron chi connectivity index (χ4n) is 2.27. The van der Waals surface area contributed by atoms with E-state index in [1.165, 1.54) is 0 Å². The van der Waals surface area contributed by atoms with Gasteiger partial charge in [-0.05, 0) is 6.07 Å². The lowest BCUT2D eigenvalue weighted by atomic mass is 10.1. The lowest BCUT2D eigenvalue weighted by Crippen LogP contribution is -2.49. The molecular formula is C13H19BrN2O2. The molecular weight excluding hydrogens is 296 g/mol. The Labute approximate surface area is 116 Å². The molecule has 0 atom stereocenters. The summed E-state index contributed by atoms with van der Waals surface area (Å²) in [4.78, 5) is 16.6. The van der Waals surface area contributed by atoms with Crippen LogP contribution in [0.1, 0.15) is 23.0 Å². The van der Waals surface area contributed by atoms with Gasteiger partial charge < -0.3 is 9.32 Å². The summed E-state index contributed by atoms with van der Waals surface area (Å²) >= 11 is 3.44. The van der Waals surface area contributed by atoms with Crippen LogP contribution in [0.3, 0.4) is 0 Å². The van der Waals surface area contributed by atoms with Crippen LogP contribution in [0.5, 0.6) is 0 Å². The van der Waals surface area contributed by atoms with E-state index in [0.717, 1.165) is 55.8 Å². The highest BCUT2D eigenvalue weighted by Crippen LogP contribution is 2.15. The number of hydrogen-bond donors (Lipinski definition) is 0. The number of amides is 1. The van der Waals surface area contributed by atoms with Crippen molar-refractivity contribution in [3.8, 4) is 0 Å². The van der Waals surface area contributed by atoms with Crippen LogP contribution in [0.15, 0.2) is 16.7 Å². The molecule has 2 rings (SSSR count). The predicted octanol–water partition coefficient (Wildman–Crippen LogP) is 1.99. The molecule has 0 spiro atoms. The van der Waals surface area contributed by atoms with Crippen LogP contribution in [0.4, 0.5) is 0 Å². The van der Waals surface area contributed by atoms with Gasteiger partial charge >= 0.3 is 0 Å². The molecule has 5 heteroatoms. The molecule has 1 saturated heterocycles. The van der Waals surface area contributed by atoms with Crippen molar-refractivity contribution < 1.29 is 9.21 Å². The highest BCUT2D eigenvalue weighted by molar-refractivity contribution is 9.09. The first-order valence-corrected chi connectivity index (χ1v) is 7.52. The van der Waals surface area contributed by atoms with Crippen molar-refractivity contribution in [1.29, 1.82) is 0 Å². The second-order valence-electron chi connectivity index (χ2n) is 4.43. The van der Waals surface area contributed by atoms with E-state index in [0.29, 0.717) is 0 Å². The summed E-state index contributed by atoms with van der Waals surface area (Å²) in [7, 11) is 0. The molecule has 1 aromatic heterocycles. The number of halogens is 1. The summed E-state index contributed by atoms with van der Waals surface area (Å²) < 4.78 is 5.32. The zero-order valence-corrected chi connectivity index (χ0v) is 12.3. The lowest BCUT2D eigenvalue weighted by molar-refractivity contribution is 0.0643. The highest BCUT2D eigenvalue weighted by Gasteiger charge is 2.24. The van der Waals surface area contributed by atoms with Crippen molar-refractivity contribution in [2.75, 3.05) is 38.1 Å². The van der Waals surface area contributed by atoms with E-state index < -0.39 is 0 Å². The van der Waals surface area contributed by atoms with Gasteiger partial charge in [-0.15, -0.1) is 0 Å². The third-order valence-corrected chi connectivity index (χ3v) is 3.71. The lowest BCUT2D eigenvalue weighted by Gasteiger charge is -2.34. The van der Waals surface area contributed by atoms with Gasteiger partial charge in [0.1, 0.15) is 5.76 Å². The summed E-state index contributed by atoms with van der Waals surface area (Å²) in [6, 6.07) is 1.78. The molecule has 2 heterocycles. The Kier molecular flexibility index (Phi) is 4.83. The molecule has 18 heavy (non-hydrogen) atoms. The van der Waals surface area contributed by atoms with Crippen molar-refractivity contribution in [2.24, 2.45) is 0 Å². The average molecular weight is 315 g/mol. The Bertz CT molecular complexity index is 397. The maximum Gasteiger partial charge on any atom is 0.257 e. The number of aryl methyl sites for hydroxylation is 1. The normalized spacial score (nSPS) is 17.1. The highest BCUT2D eigenvalue weighted by atomic mass is 79.9. The van der Waals surface area contributed by atoms with Crippen LogP contribution in [0, 0.1) is 0 Å². The molecule has 0 radical (unpaired) electrons. The van der Waals surface area contributed by atoms with Crippen LogP contribution in [0.25, 0.3) is 0 Å². The van der Waals surface area contributed by atoms with Gasteiger partial charge in [0.15, 0.2) is 0 Å². The molecule has 1 aromatic rings. The van der Waals surface area contributed by atoms with E-state index in [2.05, 4.69) is 20.8 Å². The fourth-order valence-corrected chi connectivity index (χ4v) is 2.77. The Hall–Kier alpha value is -0.810. The molecule has 4 nitrogen and oxygen atoms in total. The first-order chi connectivity index (χ1) is 8.76. The molecule has 0 bridgehead atoms. The average Bonchev–Trinajstić information content (AvgIpc) is 2.87. The minimum atomic E-state index is 0.110. The Morgan fingerprint density at radius 3 is 2.72 bits per heavy atom. The van der Waals surface area contributed by atoms with E-state index in [9.17, 15) is 4.79 Å². The summed E-state index contributed by atoms with van der Waals surface area (Å²) in [5, 5.41) is 0.989. The van der Waals surface area contributed by atoms with E-state index >= 15 is 0 Å². The fraction of sp³-hybridized carbons (Fsp3) is 0.615. The van der Waals surface area contributed by atoms with Gasteiger partial charge in [-0.3, -0.25) is 9.69 Å². The van der Waals surface area contributed by atoms with Crippen LogP contribution in [-0.4, -0.2) is 53.8 Å². The Morgan fingerprint density at radius 1 is 1.39 bits per heavy atom. The van der Waals surface area contributed by atoms with E-state index in [4.69, 9.17) is 4.42 Å². The maximum atomic E-state index is 12.3. The summed E-state index contributed by atoms with van der Waals surface area (Å²) in [5.41, 5.74) is 0.728. The summed E-state index contributed by atoms with van der Waals surface area (Å²) in [6.45, 7) is 6.57. The third kappa shape index (κ3) is 2.95. The number of carbonyl (C=O) groups is 1. The second-order valence-corrected chi connectivity index (χ2v) is 5.23. The smallest absolute Gasteiger partial charge is 0.257 e. The molecule has 1 aliphatic rings. The topological polar surface area (TPSA) is 36.7 Å². The van der Waals surface area contributed by atoms with Gasteiger partial charge in [0.25, 0.3) is 5.91 Å². The van der Waals surface area contributed by atoms with Gasteiger partial charge in [-0.25, -0.2) is 0 Å². The molecule has 1 aliphatic heterocycles. The first kappa shape index (κ1) is 13.6. The number of nitrogens with zero attached hydrogens (tertiary/aromatic N) is 2. The standard InChI is InChI=1S/C13H19BrN2O2/c1-2-12-11(3-10-18-12)13(17)16-8-6-15(5-4-14)7-9-16/h3,10H,2,4-9H2,1H3. The van der Waals surface area contributed by atoms with E-state index in [1.807, 2.05) is 11.8 Å². The number of rotatable bonds is 4. The zero-order chi connectivity index (χ0) is 13.0. The van der Waals surface area contributed by atoms with Crippen LogP contribution < -0.4 is 0 Å². The predicted molar refractivity (Wildman–Crippen MR) is 74.2 cm³/mol. The van der Waals surface area contributed by atoms with Crippen molar-refractivity contribution in [3.05, 3.63) is 23.7 Å². The van der Waals surface area contributed by atoms with Gasteiger partial charge in [-0.2, -0.15) is 0 Å². The van der Waals surface area contributed by atoms with E-state index in [-0.39, 0.29) is 5.91 Å². The van der Waals surface area contributed by atoms with Gasteiger partial charge in [0.05, 0.1) is 11.8 Å². The quantitative estimate of drug-likeness (QED) is 0.798. The second kappa shape index (κ2) is 6.38. The molecule has 1 fully saturated rings. The largest absolute Gasteiger partial charge is 0.469 e. The number of furan rings is 1. The molecule has 100 valence electrons. The van der Waals surface area contributed by atoms with Crippen molar-refractivity contribution in [1.82, 2.24) is 9.80 Å². The number of carbonyl (C=O) groups excluding carboxylic acids is 1. The summed E-state index contributed by atoms with van der Waals surface area (Å²) in [5.74, 6) is 0.905. The van der Waals surface area contributed by atoms with Gasteiger partial charge in [-0.1, -0.05) is 22.9 Å². The first-order valence-electron chi connectivity index (χ1n) is 6.40. The molecule has 0 aromatic carbocycles. The molecule has 0 unspecified atom stereocenters.